The van der Waals surface area contributed by atoms with E-state index in [2.05, 4.69) is 11.5 Å². The van der Waals surface area contributed by atoms with Crippen LogP contribution >= 0.6 is 11.6 Å². The summed E-state index contributed by atoms with van der Waals surface area (Å²) in [5.41, 5.74) is 1.91. The number of halogens is 2. The highest BCUT2D eigenvalue weighted by Gasteiger charge is 2.35. The molecule has 0 radical (unpaired) electrons. The molecule has 0 N–H and O–H groups in total. The van der Waals surface area contributed by atoms with E-state index in [9.17, 15) is 17.6 Å². The number of nitrogens with zero attached hydrogens (tertiary/aromatic N) is 3. The Hall–Kier alpha value is -3.56. The van der Waals surface area contributed by atoms with Crippen molar-refractivity contribution in [3.05, 3.63) is 95.9 Å². The number of likely N-dealkylation sites (tertiary alicyclic amines) is 1. The van der Waals surface area contributed by atoms with Crippen LogP contribution in [0.3, 0.4) is 0 Å². The molecule has 0 aromatic heterocycles. The first-order valence-electron chi connectivity index (χ1n) is 13.6. The van der Waals surface area contributed by atoms with Crippen LogP contribution in [0.4, 0.5) is 15.8 Å². The van der Waals surface area contributed by atoms with Crippen LogP contribution in [0.5, 0.6) is 5.75 Å². The maximum Gasteiger partial charge on any atom is 0.255 e. The fourth-order valence-corrected chi connectivity index (χ4v) is 7.73. The van der Waals surface area contributed by atoms with Gasteiger partial charge in [-0.05, 0) is 74.0 Å². The summed E-state index contributed by atoms with van der Waals surface area (Å²) in [6.07, 6.45) is 3.33. The number of rotatable bonds is 8. The smallest absolute Gasteiger partial charge is 0.255 e. The van der Waals surface area contributed by atoms with Gasteiger partial charge in [-0.25, -0.2) is 12.8 Å². The van der Waals surface area contributed by atoms with Crippen molar-refractivity contribution in [2.24, 2.45) is 0 Å². The average Bonchev–Trinajstić information content (AvgIpc) is 3.48. The van der Waals surface area contributed by atoms with Gasteiger partial charge in [-0.1, -0.05) is 36.4 Å². The van der Waals surface area contributed by atoms with Crippen molar-refractivity contribution in [1.82, 2.24) is 4.90 Å². The van der Waals surface area contributed by atoms with Crippen LogP contribution in [0.1, 0.15) is 29.6 Å². The van der Waals surface area contributed by atoms with Gasteiger partial charge < -0.3 is 19.4 Å². The number of carbonyl (C=O) groups excluding carboxylic acids is 1. The number of sulfone groups is 1. The number of piperidine rings is 1. The lowest BCUT2D eigenvalue weighted by molar-refractivity contribution is 0.0791. The Kier molecular flexibility index (Phi) is 8.56. The van der Waals surface area contributed by atoms with Crippen LogP contribution in [0.25, 0.3) is 0 Å². The molecule has 216 valence electrons. The van der Waals surface area contributed by atoms with Crippen molar-refractivity contribution < 1.29 is 22.3 Å². The molecule has 1 amide bonds. The molecule has 3 aromatic rings. The zero-order valence-electron chi connectivity index (χ0n) is 22.9. The number of amides is 1. The summed E-state index contributed by atoms with van der Waals surface area (Å²) in [6, 6.07) is 18.5. The largest absolute Gasteiger partial charge is 0.495 e. The Balaban J connectivity index is 1.34. The normalized spacial score (nSPS) is 17.9. The van der Waals surface area contributed by atoms with Crippen LogP contribution in [0.15, 0.2) is 84.4 Å². The standard InChI is InChI=1S/C31H33ClFN3O4S/c1-3-36(24-13-16-35(21-24)31(37)27-11-9-22(33)19-28(27)32)29-20-26(10-12-30(29)40-2)41(38,39)25-14-17-34(18-15-25)23-7-5-4-6-8-23/h3-12,19-20,24-25H,1,13-18,21H2,2H3. The molecule has 0 saturated carbocycles. The molecule has 2 aliphatic rings. The maximum atomic E-state index is 13.8. The first-order chi connectivity index (χ1) is 19.7. The third kappa shape index (κ3) is 5.92. The van der Waals surface area contributed by atoms with Crippen LogP contribution in [0.2, 0.25) is 5.02 Å². The van der Waals surface area contributed by atoms with Crippen molar-refractivity contribution in [1.29, 1.82) is 0 Å². The summed E-state index contributed by atoms with van der Waals surface area (Å²) in [5.74, 6) is -0.284. The number of carbonyl (C=O) groups is 1. The molecular weight excluding hydrogens is 565 g/mol. The third-order valence-corrected chi connectivity index (χ3v) is 10.5. The molecule has 10 heteroatoms. The molecule has 0 aliphatic carbocycles. The SMILES string of the molecule is C=CN(c1cc(S(=O)(=O)C2CCN(c3ccccc3)CC2)ccc1OC)C1CCN(C(=O)c2ccc(F)cc2Cl)C1. The lowest BCUT2D eigenvalue weighted by Gasteiger charge is -2.33. The van der Waals surface area contributed by atoms with E-state index in [-0.39, 0.29) is 27.4 Å². The Morgan fingerprint density at radius 1 is 1.05 bits per heavy atom. The molecule has 1 unspecified atom stereocenters. The molecular formula is C31H33ClFN3O4S. The molecule has 2 aliphatic heterocycles. The van der Waals surface area contributed by atoms with Crippen LogP contribution in [-0.2, 0) is 9.84 Å². The topological polar surface area (TPSA) is 70.2 Å². The van der Waals surface area contributed by atoms with Crippen LogP contribution < -0.4 is 14.5 Å². The number of hydrogen-bond donors (Lipinski definition) is 0. The van der Waals surface area contributed by atoms with E-state index in [1.54, 1.807) is 29.3 Å². The highest BCUT2D eigenvalue weighted by molar-refractivity contribution is 7.92. The van der Waals surface area contributed by atoms with Gasteiger partial charge in [0.15, 0.2) is 9.84 Å². The van der Waals surface area contributed by atoms with Gasteiger partial charge in [-0.3, -0.25) is 4.79 Å². The van der Waals surface area contributed by atoms with Crippen molar-refractivity contribution in [3.8, 4) is 5.75 Å². The second-order valence-corrected chi connectivity index (χ2v) is 12.9. The molecule has 7 nitrogen and oxygen atoms in total. The van der Waals surface area contributed by atoms with E-state index in [1.807, 2.05) is 35.2 Å². The van der Waals surface area contributed by atoms with E-state index in [0.717, 1.165) is 11.8 Å². The highest BCUT2D eigenvalue weighted by Crippen LogP contribution is 2.37. The summed E-state index contributed by atoms with van der Waals surface area (Å²) >= 11 is 6.14. The van der Waals surface area contributed by atoms with E-state index in [1.165, 1.54) is 19.2 Å². The van der Waals surface area contributed by atoms with Gasteiger partial charge in [0.1, 0.15) is 11.6 Å². The van der Waals surface area contributed by atoms with Crippen molar-refractivity contribution in [2.45, 2.75) is 35.4 Å². The molecule has 5 rings (SSSR count). The first kappa shape index (κ1) is 29.0. The van der Waals surface area contributed by atoms with Crippen LogP contribution in [-0.4, -0.2) is 63.8 Å². The van der Waals surface area contributed by atoms with E-state index in [0.29, 0.717) is 56.9 Å². The van der Waals surface area contributed by atoms with Crippen molar-refractivity contribution in [2.75, 3.05) is 43.1 Å². The Morgan fingerprint density at radius 2 is 1.78 bits per heavy atom. The number of para-hydroxylation sites is 1. The first-order valence-corrected chi connectivity index (χ1v) is 15.5. The molecule has 41 heavy (non-hydrogen) atoms. The number of anilines is 2. The van der Waals surface area contributed by atoms with Gasteiger partial charge in [0, 0.05) is 31.9 Å². The fraction of sp³-hybridized carbons (Fsp3) is 0.323. The second-order valence-electron chi connectivity index (χ2n) is 10.3. The summed E-state index contributed by atoms with van der Waals surface area (Å²) in [5, 5.41) is -0.422. The Bertz CT molecular complexity index is 1530. The van der Waals surface area contributed by atoms with Crippen LogP contribution in [0, 0.1) is 5.82 Å². The molecule has 1 atom stereocenters. The molecule has 2 heterocycles. The van der Waals surface area contributed by atoms with Gasteiger partial charge in [0.25, 0.3) is 5.91 Å². The second kappa shape index (κ2) is 12.1. The minimum atomic E-state index is -3.60. The predicted molar refractivity (Wildman–Crippen MR) is 160 cm³/mol. The Morgan fingerprint density at radius 3 is 2.44 bits per heavy atom. The summed E-state index contributed by atoms with van der Waals surface area (Å²) in [4.78, 5) is 19.1. The lowest BCUT2D eigenvalue weighted by atomic mass is 10.1. The van der Waals surface area contributed by atoms with Gasteiger partial charge >= 0.3 is 0 Å². The van der Waals surface area contributed by atoms with E-state index >= 15 is 0 Å². The minimum absolute atomic E-state index is 0.0632. The van der Waals surface area contributed by atoms with Crippen molar-refractivity contribution >= 4 is 38.7 Å². The average molecular weight is 598 g/mol. The summed E-state index contributed by atoms with van der Waals surface area (Å²) < 4.78 is 46.7. The van der Waals surface area contributed by atoms with E-state index in [4.69, 9.17) is 16.3 Å². The fourth-order valence-electron chi connectivity index (χ4n) is 5.73. The maximum absolute atomic E-state index is 13.8. The predicted octanol–water partition coefficient (Wildman–Crippen LogP) is 5.80. The quantitative estimate of drug-likeness (QED) is 0.327. The number of methoxy groups -OCH3 is 1. The summed E-state index contributed by atoms with van der Waals surface area (Å²) in [7, 11) is -2.07. The number of ether oxygens (including phenoxy) is 1. The molecule has 2 saturated heterocycles. The highest BCUT2D eigenvalue weighted by atomic mass is 35.5. The van der Waals surface area contributed by atoms with Gasteiger partial charge in [-0.2, -0.15) is 0 Å². The minimum Gasteiger partial charge on any atom is -0.495 e. The van der Waals surface area contributed by atoms with Gasteiger partial charge in [0.2, 0.25) is 0 Å². The Labute approximate surface area is 245 Å². The number of hydrogen-bond acceptors (Lipinski definition) is 6. The molecule has 3 aromatic carbocycles. The van der Waals surface area contributed by atoms with Gasteiger partial charge in [-0.15, -0.1) is 0 Å². The van der Waals surface area contributed by atoms with E-state index < -0.39 is 20.9 Å². The monoisotopic (exact) mass is 597 g/mol. The van der Waals surface area contributed by atoms with Crippen molar-refractivity contribution in [3.63, 3.8) is 0 Å². The zero-order chi connectivity index (χ0) is 29.1. The third-order valence-electron chi connectivity index (χ3n) is 7.96. The molecule has 2 fully saturated rings. The summed E-state index contributed by atoms with van der Waals surface area (Å²) in [6.45, 7) is 6.13. The lowest BCUT2D eigenvalue weighted by Crippen LogP contribution is -2.39. The molecule has 0 bridgehead atoms. The number of benzene rings is 3. The zero-order valence-corrected chi connectivity index (χ0v) is 24.5. The van der Waals surface area contributed by atoms with Gasteiger partial charge in [0.05, 0.1) is 39.6 Å². The molecule has 0 spiro atoms.